The van der Waals surface area contributed by atoms with Crippen molar-refractivity contribution in [3.63, 3.8) is 0 Å². The maximum atomic E-state index is 6.30. The summed E-state index contributed by atoms with van der Waals surface area (Å²) < 4.78 is 5.16. The molecule has 6 heteroatoms. The van der Waals surface area contributed by atoms with Crippen molar-refractivity contribution < 1.29 is 4.74 Å². The molecule has 20 heavy (non-hydrogen) atoms. The first-order chi connectivity index (χ1) is 9.65. The molecule has 0 bridgehead atoms. The summed E-state index contributed by atoms with van der Waals surface area (Å²) in [6.45, 7) is 2.24. The second-order valence-corrected chi connectivity index (χ2v) is 5.04. The van der Waals surface area contributed by atoms with Crippen molar-refractivity contribution in [2.45, 2.75) is 6.54 Å². The minimum absolute atomic E-state index is 0.624. The topological polar surface area (TPSA) is 67.2 Å². The van der Waals surface area contributed by atoms with Crippen LogP contribution in [-0.4, -0.2) is 42.3 Å². The summed E-state index contributed by atoms with van der Waals surface area (Å²) in [5.41, 5.74) is 8.41. The molecule has 3 N–H and O–H groups in total. The van der Waals surface area contributed by atoms with Crippen LogP contribution in [0.4, 0.5) is 0 Å². The number of likely N-dealkylation sites (N-methyl/N-ethyl adjacent to an activating group) is 1. The third-order valence-electron chi connectivity index (χ3n) is 3.10. The molecular weight excluding hydrogens is 276 g/mol. The standard InChI is InChI=1S/C14H19ClN4O/c1-19(6-5-16)9-10-8-17-18-14(10)12-4-3-11(20-2)7-13(12)15/h3-4,7-8H,5-6,9,16H2,1-2H3,(H,17,18). The summed E-state index contributed by atoms with van der Waals surface area (Å²) in [5, 5.41) is 7.83. The van der Waals surface area contributed by atoms with Gasteiger partial charge in [0.05, 0.1) is 17.8 Å². The highest BCUT2D eigenvalue weighted by Gasteiger charge is 2.13. The van der Waals surface area contributed by atoms with Gasteiger partial charge in [0, 0.05) is 37.0 Å². The Morgan fingerprint density at radius 1 is 1.45 bits per heavy atom. The van der Waals surface area contributed by atoms with Gasteiger partial charge in [0.1, 0.15) is 5.75 Å². The second-order valence-electron chi connectivity index (χ2n) is 4.63. The first-order valence-electron chi connectivity index (χ1n) is 6.41. The molecule has 2 rings (SSSR count). The van der Waals surface area contributed by atoms with Crippen LogP contribution in [0.2, 0.25) is 5.02 Å². The molecule has 0 aliphatic heterocycles. The summed E-state index contributed by atoms with van der Waals surface area (Å²) in [4.78, 5) is 2.14. The normalized spacial score (nSPS) is 11.1. The van der Waals surface area contributed by atoms with Crippen molar-refractivity contribution in [3.8, 4) is 17.0 Å². The molecule has 0 amide bonds. The zero-order chi connectivity index (χ0) is 14.5. The van der Waals surface area contributed by atoms with Crippen LogP contribution in [0.3, 0.4) is 0 Å². The van der Waals surface area contributed by atoms with E-state index >= 15 is 0 Å². The first kappa shape index (κ1) is 14.8. The molecule has 0 saturated heterocycles. The third kappa shape index (κ3) is 3.30. The SMILES string of the molecule is COc1ccc(-c2n[nH]cc2CN(C)CCN)c(Cl)c1. The maximum absolute atomic E-state index is 6.30. The van der Waals surface area contributed by atoms with Crippen LogP contribution in [0.5, 0.6) is 5.75 Å². The van der Waals surface area contributed by atoms with Crippen molar-refractivity contribution in [1.29, 1.82) is 0 Å². The van der Waals surface area contributed by atoms with Gasteiger partial charge >= 0.3 is 0 Å². The van der Waals surface area contributed by atoms with Crippen LogP contribution < -0.4 is 10.5 Å². The van der Waals surface area contributed by atoms with Gasteiger partial charge in [-0.05, 0) is 25.2 Å². The third-order valence-corrected chi connectivity index (χ3v) is 3.41. The lowest BCUT2D eigenvalue weighted by Crippen LogP contribution is -2.25. The highest BCUT2D eigenvalue weighted by Crippen LogP contribution is 2.32. The predicted octanol–water partition coefficient (Wildman–Crippen LogP) is 2.13. The number of rotatable bonds is 6. The number of nitrogens with one attached hydrogen (secondary N) is 1. The number of aromatic amines is 1. The maximum Gasteiger partial charge on any atom is 0.120 e. The van der Waals surface area contributed by atoms with E-state index in [1.807, 2.05) is 25.4 Å². The molecule has 0 spiro atoms. The Morgan fingerprint density at radius 3 is 2.90 bits per heavy atom. The van der Waals surface area contributed by atoms with E-state index in [1.54, 1.807) is 13.2 Å². The van der Waals surface area contributed by atoms with Crippen molar-refractivity contribution in [2.75, 3.05) is 27.2 Å². The van der Waals surface area contributed by atoms with Crippen molar-refractivity contribution in [3.05, 3.63) is 35.0 Å². The second kappa shape index (κ2) is 6.74. The van der Waals surface area contributed by atoms with E-state index in [1.165, 1.54) is 0 Å². The average molecular weight is 295 g/mol. The molecule has 108 valence electrons. The lowest BCUT2D eigenvalue weighted by molar-refractivity contribution is 0.337. The number of halogens is 1. The molecule has 0 fully saturated rings. The largest absolute Gasteiger partial charge is 0.497 e. The number of benzene rings is 1. The summed E-state index contributed by atoms with van der Waals surface area (Å²) in [6.07, 6.45) is 1.89. The minimum atomic E-state index is 0.624. The highest BCUT2D eigenvalue weighted by atomic mass is 35.5. The Labute approximate surface area is 123 Å². The molecule has 1 heterocycles. The van der Waals surface area contributed by atoms with Crippen molar-refractivity contribution >= 4 is 11.6 Å². The minimum Gasteiger partial charge on any atom is -0.497 e. The quantitative estimate of drug-likeness (QED) is 0.856. The van der Waals surface area contributed by atoms with Gasteiger partial charge in [0.15, 0.2) is 0 Å². The van der Waals surface area contributed by atoms with Crippen molar-refractivity contribution in [2.24, 2.45) is 5.73 Å². The Morgan fingerprint density at radius 2 is 2.25 bits per heavy atom. The number of nitrogens with zero attached hydrogens (tertiary/aromatic N) is 2. The van der Waals surface area contributed by atoms with Gasteiger partial charge in [-0.2, -0.15) is 5.10 Å². The zero-order valence-electron chi connectivity index (χ0n) is 11.7. The Hall–Kier alpha value is -1.56. The van der Waals surface area contributed by atoms with Crippen LogP contribution in [0.15, 0.2) is 24.4 Å². The Balaban J connectivity index is 2.27. The molecule has 0 unspecified atom stereocenters. The summed E-state index contributed by atoms with van der Waals surface area (Å²) in [6, 6.07) is 5.59. The molecule has 0 aliphatic carbocycles. The number of hydrogen-bond donors (Lipinski definition) is 2. The van der Waals surface area contributed by atoms with Crippen LogP contribution in [0, 0.1) is 0 Å². The Kier molecular flexibility index (Phi) is 5.00. The van der Waals surface area contributed by atoms with Gasteiger partial charge in [0.25, 0.3) is 0 Å². The monoisotopic (exact) mass is 294 g/mol. The molecule has 0 atom stereocenters. The van der Waals surface area contributed by atoms with E-state index in [4.69, 9.17) is 22.1 Å². The molecule has 2 aromatic rings. The van der Waals surface area contributed by atoms with Crippen LogP contribution in [-0.2, 0) is 6.54 Å². The average Bonchev–Trinajstić information content (AvgIpc) is 2.86. The summed E-state index contributed by atoms with van der Waals surface area (Å²) in [7, 11) is 3.65. The van der Waals surface area contributed by atoms with Gasteiger partial charge in [-0.1, -0.05) is 11.6 Å². The molecule has 0 saturated carbocycles. The number of aromatic nitrogens is 2. The predicted molar refractivity (Wildman–Crippen MR) is 81.0 cm³/mol. The molecule has 1 aromatic heterocycles. The molecular formula is C14H19ClN4O. The highest BCUT2D eigenvalue weighted by molar-refractivity contribution is 6.33. The van der Waals surface area contributed by atoms with E-state index < -0.39 is 0 Å². The van der Waals surface area contributed by atoms with E-state index in [0.29, 0.717) is 11.6 Å². The van der Waals surface area contributed by atoms with E-state index in [2.05, 4.69) is 15.1 Å². The molecule has 1 aromatic carbocycles. The lowest BCUT2D eigenvalue weighted by Gasteiger charge is -2.15. The van der Waals surface area contributed by atoms with Crippen LogP contribution in [0.25, 0.3) is 11.3 Å². The number of methoxy groups -OCH3 is 1. The van der Waals surface area contributed by atoms with Gasteiger partial charge in [-0.15, -0.1) is 0 Å². The number of H-pyrrole nitrogens is 1. The molecule has 0 aliphatic rings. The number of hydrogen-bond acceptors (Lipinski definition) is 4. The van der Waals surface area contributed by atoms with E-state index in [-0.39, 0.29) is 0 Å². The van der Waals surface area contributed by atoms with Gasteiger partial charge in [0.2, 0.25) is 0 Å². The fraction of sp³-hybridized carbons (Fsp3) is 0.357. The molecule has 0 radical (unpaired) electrons. The van der Waals surface area contributed by atoms with Crippen molar-refractivity contribution in [1.82, 2.24) is 15.1 Å². The van der Waals surface area contributed by atoms with E-state index in [0.717, 1.165) is 35.7 Å². The zero-order valence-corrected chi connectivity index (χ0v) is 12.4. The summed E-state index contributed by atoms with van der Waals surface area (Å²) >= 11 is 6.30. The number of nitrogens with two attached hydrogens (primary N) is 1. The van der Waals surface area contributed by atoms with Crippen LogP contribution in [0.1, 0.15) is 5.56 Å². The van der Waals surface area contributed by atoms with Gasteiger partial charge in [-0.25, -0.2) is 0 Å². The summed E-state index contributed by atoms with van der Waals surface area (Å²) in [5.74, 6) is 0.732. The van der Waals surface area contributed by atoms with Crippen LogP contribution >= 0.6 is 11.6 Å². The van der Waals surface area contributed by atoms with E-state index in [9.17, 15) is 0 Å². The fourth-order valence-corrected chi connectivity index (χ4v) is 2.33. The smallest absolute Gasteiger partial charge is 0.120 e. The molecule has 5 nitrogen and oxygen atoms in total. The Bertz CT molecular complexity index is 570. The van der Waals surface area contributed by atoms with Gasteiger partial charge < -0.3 is 15.4 Å². The fourth-order valence-electron chi connectivity index (χ4n) is 2.07. The van der Waals surface area contributed by atoms with Gasteiger partial charge in [-0.3, -0.25) is 5.10 Å². The lowest BCUT2D eigenvalue weighted by atomic mass is 10.1. The first-order valence-corrected chi connectivity index (χ1v) is 6.78. The number of ether oxygens (including phenoxy) is 1.